The third-order valence-electron chi connectivity index (χ3n) is 3.30. The van der Waals surface area contributed by atoms with E-state index in [0.29, 0.717) is 6.42 Å². The number of rotatable bonds is 4. The van der Waals surface area contributed by atoms with Gasteiger partial charge in [0.1, 0.15) is 12.1 Å². The van der Waals surface area contributed by atoms with Gasteiger partial charge in [-0.3, -0.25) is 0 Å². The summed E-state index contributed by atoms with van der Waals surface area (Å²) in [7, 11) is 0. The van der Waals surface area contributed by atoms with Gasteiger partial charge in [-0.1, -0.05) is 26.2 Å². The van der Waals surface area contributed by atoms with Crippen LogP contribution in [0.1, 0.15) is 53.4 Å². The smallest absolute Gasteiger partial charge is 0.328 e. The molecule has 1 rings (SSSR count). The van der Waals surface area contributed by atoms with E-state index < -0.39 is 11.1 Å². The minimum atomic E-state index is -0.892. The van der Waals surface area contributed by atoms with Crippen LogP contribution in [0.5, 0.6) is 0 Å². The zero-order valence-corrected chi connectivity index (χ0v) is 10.7. The molecule has 1 aliphatic rings. The Kier molecular flexibility index (Phi) is 3.97. The highest BCUT2D eigenvalue weighted by Gasteiger charge is 2.51. The zero-order chi connectivity index (χ0) is 12.4. The number of ether oxygens (including phenoxy) is 1. The molecule has 0 amide bonds. The minimum Gasteiger partial charge on any atom is -0.462 e. The van der Waals surface area contributed by atoms with Gasteiger partial charge >= 0.3 is 5.97 Å². The predicted molar refractivity (Wildman–Crippen MR) is 61.2 cm³/mol. The Balaban J connectivity index is 2.76. The second-order valence-electron chi connectivity index (χ2n) is 5.43. The van der Waals surface area contributed by atoms with Crippen molar-refractivity contribution in [3.8, 4) is 0 Å². The molecule has 0 aromatic rings. The molecule has 0 bridgehead atoms. The molecule has 1 atom stereocenters. The Bertz CT molecular complexity index is 265. The first-order chi connectivity index (χ1) is 7.34. The number of hydroxylamine groups is 2. The normalized spacial score (nSPS) is 30.2. The zero-order valence-electron chi connectivity index (χ0n) is 10.7. The lowest BCUT2D eigenvalue weighted by atomic mass is 9.88. The fourth-order valence-corrected chi connectivity index (χ4v) is 2.14. The van der Waals surface area contributed by atoms with E-state index >= 15 is 0 Å². The molecule has 4 nitrogen and oxygen atoms in total. The van der Waals surface area contributed by atoms with Crippen molar-refractivity contribution in [2.24, 2.45) is 0 Å². The summed E-state index contributed by atoms with van der Waals surface area (Å²) < 4.78 is 5.17. The molecule has 0 aromatic carbocycles. The molecule has 0 aliphatic carbocycles. The summed E-state index contributed by atoms with van der Waals surface area (Å²) >= 11 is 0. The Morgan fingerprint density at radius 1 is 1.38 bits per heavy atom. The number of unbranched alkanes of at least 4 members (excludes halogenated alkanes) is 2. The van der Waals surface area contributed by atoms with Gasteiger partial charge in [-0.25, -0.2) is 4.79 Å². The van der Waals surface area contributed by atoms with E-state index in [2.05, 4.69) is 6.92 Å². The van der Waals surface area contributed by atoms with Gasteiger partial charge in [0.15, 0.2) is 0 Å². The van der Waals surface area contributed by atoms with Crippen LogP contribution in [0, 0.1) is 0 Å². The summed E-state index contributed by atoms with van der Waals surface area (Å²) in [5, 5.41) is 11.3. The molecule has 94 valence electrons. The topological polar surface area (TPSA) is 49.8 Å². The Morgan fingerprint density at radius 3 is 2.56 bits per heavy atom. The van der Waals surface area contributed by atoms with Gasteiger partial charge in [0.2, 0.25) is 0 Å². The van der Waals surface area contributed by atoms with Gasteiger partial charge in [0.05, 0.1) is 5.54 Å². The number of morpholine rings is 1. The van der Waals surface area contributed by atoms with Crippen LogP contribution in [0.15, 0.2) is 0 Å². The van der Waals surface area contributed by atoms with E-state index in [9.17, 15) is 10.0 Å². The first-order valence-corrected chi connectivity index (χ1v) is 6.01. The number of hydrogen-bond donors (Lipinski definition) is 1. The van der Waals surface area contributed by atoms with Crippen LogP contribution in [0.2, 0.25) is 0 Å². The van der Waals surface area contributed by atoms with Crippen molar-refractivity contribution in [1.29, 1.82) is 0 Å². The van der Waals surface area contributed by atoms with Crippen molar-refractivity contribution in [2.75, 3.05) is 6.61 Å². The molecule has 1 heterocycles. The van der Waals surface area contributed by atoms with Crippen molar-refractivity contribution >= 4 is 5.97 Å². The fraction of sp³-hybridized carbons (Fsp3) is 0.917. The quantitative estimate of drug-likeness (QED) is 0.594. The molecule has 0 spiro atoms. The van der Waals surface area contributed by atoms with Gasteiger partial charge < -0.3 is 9.94 Å². The lowest BCUT2D eigenvalue weighted by molar-refractivity contribution is -0.269. The maximum Gasteiger partial charge on any atom is 0.328 e. The Labute approximate surface area is 97.5 Å². The summed E-state index contributed by atoms with van der Waals surface area (Å²) in [5.74, 6) is -0.314. The number of nitrogens with zero attached hydrogens (tertiary/aromatic N) is 1. The van der Waals surface area contributed by atoms with Crippen molar-refractivity contribution in [3.63, 3.8) is 0 Å². The van der Waals surface area contributed by atoms with E-state index in [0.717, 1.165) is 19.3 Å². The molecule has 4 heteroatoms. The summed E-state index contributed by atoms with van der Waals surface area (Å²) in [5.41, 5.74) is -1.40. The summed E-state index contributed by atoms with van der Waals surface area (Å²) in [6, 6.07) is 0. The fourth-order valence-electron chi connectivity index (χ4n) is 2.14. The van der Waals surface area contributed by atoms with E-state index in [4.69, 9.17) is 4.74 Å². The van der Waals surface area contributed by atoms with Gasteiger partial charge in [0.25, 0.3) is 0 Å². The number of hydrogen-bond acceptors (Lipinski definition) is 4. The number of carbonyl (C=O) groups is 1. The standard InChI is InChI=1S/C12H23NO3/c1-5-6-7-8-12(4)10(14)16-9-11(2,3)13(12)15/h15H,5-9H2,1-4H3. The second-order valence-corrected chi connectivity index (χ2v) is 5.43. The monoisotopic (exact) mass is 229 g/mol. The maximum absolute atomic E-state index is 11.8. The molecule has 1 fully saturated rings. The number of carbonyl (C=O) groups excluding carboxylic acids is 1. The van der Waals surface area contributed by atoms with Crippen molar-refractivity contribution < 1.29 is 14.7 Å². The van der Waals surface area contributed by atoms with Crippen LogP contribution in [0.25, 0.3) is 0 Å². The van der Waals surface area contributed by atoms with E-state index in [1.807, 2.05) is 13.8 Å². The van der Waals surface area contributed by atoms with Crippen LogP contribution in [0.3, 0.4) is 0 Å². The average molecular weight is 229 g/mol. The van der Waals surface area contributed by atoms with Gasteiger partial charge in [-0.05, 0) is 27.2 Å². The second kappa shape index (κ2) is 4.72. The predicted octanol–water partition coefficient (Wildman–Crippen LogP) is 2.35. The highest BCUT2D eigenvalue weighted by molar-refractivity contribution is 5.81. The molecule has 0 saturated carbocycles. The van der Waals surface area contributed by atoms with Crippen LogP contribution in [0.4, 0.5) is 0 Å². The summed E-state index contributed by atoms with van der Waals surface area (Å²) in [6.07, 6.45) is 3.73. The molecule has 0 aromatic heterocycles. The first kappa shape index (κ1) is 13.5. The third-order valence-corrected chi connectivity index (χ3v) is 3.30. The largest absolute Gasteiger partial charge is 0.462 e. The van der Waals surface area contributed by atoms with Crippen LogP contribution in [-0.4, -0.2) is 33.9 Å². The van der Waals surface area contributed by atoms with Crippen molar-refractivity contribution in [3.05, 3.63) is 0 Å². The van der Waals surface area contributed by atoms with Crippen LogP contribution in [-0.2, 0) is 9.53 Å². The highest BCUT2D eigenvalue weighted by atomic mass is 16.6. The molecular weight excluding hydrogens is 206 g/mol. The van der Waals surface area contributed by atoms with Gasteiger partial charge in [0, 0.05) is 0 Å². The molecule has 1 N–H and O–H groups in total. The summed E-state index contributed by atoms with van der Waals surface area (Å²) in [6.45, 7) is 7.86. The first-order valence-electron chi connectivity index (χ1n) is 6.01. The molecule has 1 saturated heterocycles. The van der Waals surface area contributed by atoms with Crippen molar-refractivity contribution in [2.45, 2.75) is 64.5 Å². The third kappa shape index (κ3) is 2.38. The molecular formula is C12H23NO3. The van der Waals surface area contributed by atoms with E-state index in [1.165, 1.54) is 5.06 Å². The summed E-state index contributed by atoms with van der Waals surface area (Å²) in [4.78, 5) is 11.8. The SMILES string of the molecule is CCCCCC1(C)C(=O)OCC(C)(C)N1O. The Morgan fingerprint density at radius 2 is 2.00 bits per heavy atom. The molecule has 1 aliphatic heterocycles. The molecule has 16 heavy (non-hydrogen) atoms. The lowest BCUT2D eigenvalue weighted by Crippen LogP contribution is -2.65. The van der Waals surface area contributed by atoms with Crippen molar-refractivity contribution in [1.82, 2.24) is 5.06 Å². The maximum atomic E-state index is 11.8. The van der Waals surface area contributed by atoms with Crippen LogP contribution < -0.4 is 0 Å². The average Bonchev–Trinajstić information content (AvgIpc) is 2.23. The minimum absolute atomic E-state index is 0.242. The highest BCUT2D eigenvalue weighted by Crippen LogP contribution is 2.33. The van der Waals surface area contributed by atoms with E-state index in [1.54, 1.807) is 6.92 Å². The van der Waals surface area contributed by atoms with Crippen LogP contribution >= 0.6 is 0 Å². The van der Waals surface area contributed by atoms with Gasteiger partial charge in [-0.15, -0.1) is 0 Å². The lowest BCUT2D eigenvalue weighted by Gasteiger charge is -2.48. The molecule has 1 unspecified atom stereocenters. The Hall–Kier alpha value is -0.610. The molecule has 0 radical (unpaired) electrons. The number of esters is 1. The van der Waals surface area contributed by atoms with Gasteiger partial charge in [-0.2, -0.15) is 5.06 Å². The van der Waals surface area contributed by atoms with E-state index in [-0.39, 0.29) is 12.6 Å². The number of cyclic esters (lactones) is 1.